The second-order valence-corrected chi connectivity index (χ2v) is 5.92. The van der Waals surface area contributed by atoms with Crippen LogP contribution in [0.2, 0.25) is 5.02 Å². The standard InChI is InChI=1S/C10H7BrCl.2ClH.Zr/c1-6-2-7-4-8(12)5-10(11)9(7)3-6;;;/h2-5H,1H3;2*1H;/q;;;+2/p-2. The van der Waals surface area contributed by atoms with Crippen molar-refractivity contribution in [1.82, 2.24) is 0 Å². The quantitative estimate of drug-likeness (QED) is 0.475. The van der Waals surface area contributed by atoms with Gasteiger partial charge in [-0.2, -0.15) is 0 Å². The number of hydrogen-bond donors (Lipinski definition) is 0. The van der Waals surface area contributed by atoms with Gasteiger partial charge >= 0.3 is 107 Å². The Bertz CT molecular complexity index is 404. The minimum atomic E-state index is 0. The summed E-state index contributed by atoms with van der Waals surface area (Å²) in [5.41, 5.74) is 4.12. The summed E-state index contributed by atoms with van der Waals surface area (Å²) < 4.78 is 1.71. The fraction of sp³-hybridized carbons (Fsp3) is 0.200. The molecule has 5 heteroatoms. The summed E-state index contributed by atoms with van der Waals surface area (Å²) >= 11 is 11.1. The molecule has 79 valence electrons. The van der Waals surface area contributed by atoms with Crippen LogP contribution in [-0.2, 0) is 24.7 Å². The molecule has 0 saturated carbocycles. The van der Waals surface area contributed by atoms with E-state index in [0.717, 1.165) is 9.50 Å². The molecule has 0 aliphatic heterocycles. The first-order valence-electron chi connectivity index (χ1n) is 3.98. The molecule has 0 fully saturated rings. The third-order valence-electron chi connectivity index (χ3n) is 2.26. The zero-order chi connectivity index (χ0) is 9.59. The normalized spacial score (nSPS) is 17.4. The Hall–Kier alpha value is 1.19. The molecule has 0 spiro atoms. The molecule has 0 bridgehead atoms. The molecule has 1 aromatic rings. The molecule has 2 rings (SSSR count). The van der Waals surface area contributed by atoms with Gasteiger partial charge < -0.3 is 24.8 Å². The van der Waals surface area contributed by atoms with E-state index in [1.165, 1.54) is 41.4 Å². The largest absolute Gasteiger partial charge is 1.00 e. The van der Waals surface area contributed by atoms with E-state index in [4.69, 9.17) is 11.6 Å². The fourth-order valence-corrected chi connectivity index (χ4v) is 3.29. The van der Waals surface area contributed by atoms with Crippen LogP contribution in [0.4, 0.5) is 0 Å². The molecule has 1 aliphatic carbocycles. The first-order chi connectivity index (χ1) is 6.09. The molecule has 15 heavy (non-hydrogen) atoms. The molecule has 1 aliphatic rings. The van der Waals surface area contributed by atoms with Crippen molar-refractivity contribution in [3.05, 3.63) is 38.3 Å². The molecule has 1 unspecified atom stereocenters. The van der Waals surface area contributed by atoms with Crippen LogP contribution in [0, 0.1) is 0 Å². The van der Waals surface area contributed by atoms with E-state index in [0.29, 0.717) is 3.63 Å². The molecule has 0 nitrogen and oxygen atoms in total. The van der Waals surface area contributed by atoms with Crippen molar-refractivity contribution in [3.63, 3.8) is 0 Å². The third-order valence-corrected chi connectivity index (χ3v) is 5.02. The van der Waals surface area contributed by atoms with Crippen LogP contribution in [0.25, 0.3) is 6.08 Å². The van der Waals surface area contributed by atoms with Crippen molar-refractivity contribution in [2.45, 2.75) is 10.5 Å². The predicted molar refractivity (Wildman–Crippen MR) is 55.5 cm³/mol. The van der Waals surface area contributed by atoms with E-state index >= 15 is 0 Å². The van der Waals surface area contributed by atoms with Gasteiger partial charge in [-0.05, 0) is 0 Å². The predicted octanol–water partition coefficient (Wildman–Crippen LogP) is -1.88. The molecule has 0 aromatic heterocycles. The summed E-state index contributed by atoms with van der Waals surface area (Å²) in [7, 11) is 0. The van der Waals surface area contributed by atoms with Gasteiger partial charge in [-0.25, -0.2) is 0 Å². The molecule has 0 radical (unpaired) electrons. The van der Waals surface area contributed by atoms with E-state index in [9.17, 15) is 0 Å². The van der Waals surface area contributed by atoms with Crippen molar-refractivity contribution in [2.75, 3.05) is 0 Å². The number of benzene rings is 1. The number of allylic oxidation sites excluding steroid dienone is 1. The molecular formula is C10H7BrCl3Zr. The first kappa shape index (κ1) is 16.2. The fourth-order valence-electron chi connectivity index (χ4n) is 1.55. The van der Waals surface area contributed by atoms with Crippen LogP contribution in [0.3, 0.4) is 0 Å². The Labute approximate surface area is 131 Å². The van der Waals surface area contributed by atoms with Crippen molar-refractivity contribution >= 4 is 33.6 Å². The number of rotatable bonds is 0. The van der Waals surface area contributed by atoms with Crippen molar-refractivity contribution in [1.29, 1.82) is 0 Å². The van der Waals surface area contributed by atoms with Crippen molar-refractivity contribution < 1.29 is 49.5 Å². The topological polar surface area (TPSA) is 0 Å². The summed E-state index contributed by atoms with van der Waals surface area (Å²) in [6.45, 7) is 2.18. The van der Waals surface area contributed by atoms with Gasteiger partial charge in [-0.1, -0.05) is 0 Å². The molecule has 1 atom stereocenters. The Morgan fingerprint density at radius 1 is 1.33 bits per heavy atom. The van der Waals surface area contributed by atoms with Crippen molar-refractivity contribution in [2.24, 2.45) is 0 Å². The van der Waals surface area contributed by atoms with E-state index in [2.05, 4.69) is 35.0 Å². The van der Waals surface area contributed by atoms with Gasteiger partial charge in [0.05, 0.1) is 0 Å². The Morgan fingerprint density at radius 3 is 2.53 bits per heavy atom. The van der Waals surface area contributed by atoms with Gasteiger partial charge in [0, 0.05) is 0 Å². The summed E-state index contributed by atoms with van der Waals surface area (Å²) in [5.74, 6) is 0. The SMILES string of the molecule is CC1=Cc2c(Br)cc(Cl)cc2[CH]1[Zr+2].[Cl-].[Cl-]. The number of halogens is 4. The third kappa shape index (κ3) is 3.10. The van der Waals surface area contributed by atoms with Crippen LogP contribution in [0.1, 0.15) is 21.7 Å². The van der Waals surface area contributed by atoms with Crippen molar-refractivity contribution in [3.8, 4) is 0 Å². The van der Waals surface area contributed by atoms with E-state index in [1.807, 2.05) is 6.07 Å². The molecule has 0 N–H and O–H groups in total. The minimum absolute atomic E-state index is 0. The molecular weight excluding hydrogens is 398 g/mol. The molecule has 1 aromatic carbocycles. The number of hydrogen-bond acceptors (Lipinski definition) is 0. The van der Waals surface area contributed by atoms with E-state index in [-0.39, 0.29) is 24.8 Å². The van der Waals surface area contributed by atoms with Crippen LogP contribution in [-0.4, -0.2) is 0 Å². The summed E-state index contributed by atoms with van der Waals surface area (Å²) in [6, 6.07) is 4.03. The second-order valence-electron chi connectivity index (χ2n) is 3.21. The maximum atomic E-state index is 6.00. The first-order valence-corrected chi connectivity index (χ1v) is 6.57. The van der Waals surface area contributed by atoms with Gasteiger partial charge in [-0.15, -0.1) is 0 Å². The zero-order valence-electron chi connectivity index (χ0n) is 7.82. The summed E-state index contributed by atoms with van der Waals surface area (Å²) in [4.78, 5) is 0. The van der Waals surface area contributed by atoms with Gasteiger partial charge in [0.2, 0.25) is 0 Å². The molecule has 0 amide bonds. The maximum Gasteiger partial charge on any atom is -1.00 e. The maximum absolute atomic E-state index is 6.00. The smallest absolute Gasteiger partial charge is 1.00 e. The van der Waals surface area contributed by atoms with Crippen LogP contribution < -0.4 is 24.8 Å². The second kappa shape index (κ2) is 6.21. The minimum Gasteiger partial charge on any atom is -1.00 e. The summed E-state index contributed by atoms with van der Waals surface area (Å²) in [5, 5.41) is 0.820. The Balaban J connectivity index is 0.000000980. The van der Waals surface area contributed by atoms with Crippen LogP contribution in [0.5, 0.6) is 0 Å². The van der Waals surface area contributed by atoms with Crippen LogP contribution >= 0.6 is 27.5 Å². The zero-order valence-corrected chi connectivity index (χ0v) is 14.1. The van der Waals surface area contributed by atoms with Gasteiger partial charge in [0.25, 0.3) is 0 Å². The monoisotopic (exact) mass is 401 g/mol. The average molecular weight is 405 g/mol. The molecule has 0 heterocycles. The number of fused-ring (bicyclic) bond motifs is 1. The van der Waals surface area contributed by atoms with Gasteiger partial charge in [-0.3, -0.25) is 0 Å². The van der Waals surface area contributed by atoms with Crippen LogP contribution in [0.15, 0.2) is 22.2 Å². The Kier molecular flexibility index (Phi) is 6.71. The Morgan fingerprint density at radius 2 is 1.93 bits per heavy atom. The summed E-state index contributed by atoms with van der Waals surface area (Å²) in [6.07, 6.45) is 2.25. The van der Waals surface area contributed by atoms with E-state index in [1.54, 1.807) is 0 Å². The van der Waals surface area contributed by atoms with Gasteiger partial charge in [0.15, 0.2) is 0 Å². The molecule has 0 saturated heterocycles. The van der Waals surface area contributed by atoms with E-state index < -0.39 is 0 Å². The average Bonchev–Trinajstić information content (AvgIpc) is 2.32. The van der Waals surface area contributed by atoms with Gasteiger partial charge in [0.1, 0.15) is 0 Å².